The van der Waals surface area contributed by atoms with Gasteiger partial charge >= 0.3 is 0 Å². The van der Waals surface area contributed by atoms with E-state index in [2.05, 4.69) is 0 Å². The van der Waals surface area contributed by atoms with Crippen molar-refractivity contribution >= 4 is 17.5 Å². The summed E-state index contributed by atoms with van der Waals surface area (Å²) in [5.41, 5.74) is 12.6. The summed E-state index contributed by atoms with van der Waals surface area (Å²) in [5, 5.41) is 0. The number of benzene rings is 1. The molecular formula is C15H21N3O2. The lowest BCUT2D eigenvalue weighted by Gasteiger charge is -2.37. The summed E-state index contributed by atoms with van der Waals surface area (Å²) in [4.78, 5) is 25.5. The minimum atomic E-state index is -0.321. The molecule has 1 aliphatic heterocycles. The number of hydrogen-bond donors (Lipinski definition) is 2. The number of amides is 2. The minimum absolute atomic E-state index is 0.0223. The van der Waals surface area contributed by atoms with Crippen LogP contribution in [0.4, 0.5) is 5.69 Å². The fourth-order valence-corrected chi connectivity index (χ4v) is 2.67. The second-order valence-corrected chi connectivity index (χ2v) is 5.49. The Morgan fingerprint density at radius 2 is 2.10 bits per heavy atom. The quantitative estimate of drug-likeness (QED) is 0.804. The van der Waals surface area contributed by atoms with Crippen LogP contribution in [-0.4, -0.2) is 29.3 Å². The first-order valence-electron chi connectivity index (χ1n) is 6.90. The lowest BCUT2D eigenvalue weighted by molar-refractivity contribution is -0.136. The van der Waals surface area contributed by atoms with E-state index in [1.54, 1.807) is 17.0 Å². The molecule has 0 saturated carbocycles. The molecule has 1 saturated heterocycles. The number of nitrogen functional groups attached to an aromatic ring is 1. The maximum absolute atomic E-state index is 12.4. The van der Waals surface area contributed by atoms with Gasteiger partial charge in [0.05, 0.1) is 12.3 Å². The van der Waals surface area contributed by atoms with Crippen LogP contribution in [0.15, 0.2) is 24.3 Å². The standard InChI is InChI=1S/C15H21N3O2/c1-10-5-6-12(15(17)20)9-18(10)14(19)8-11-3-2-4-13(16)7-11/h2-4,7,10,12H,5-6,8-9,16H2,1H3,(H2,17,20). The normalized spacial score (nSPS) is 22.6. The highest BCUT2D eigenvalue weighted by Crippen LogP contribution is 2.22. The predicted octanol–water partition coefficient (Wildman–Crippen LogP) is 0.924. The van der Waals surface area contributed by atoms with E-state index in [9.17, 15) is 9.59 Å². The molecule has 1 fully saturated rings. The van der Waals surface area contributed by atoms with Crippen LogP contribution in [0.3, 0.4) is 0 Å². The fourth-order valence-electron chi connectivity index (χ4n) is 2.67. The molecule has 20 heavy (non-hydrogen) atoms. The first-order chi connectivity index (χ1) is 9.47. The van der Waals surface area contributed by atoms with E-state index in [1.165, 1.54) is 0 Å². The summed E-state index contributed by atoms with van der Waals surface area (Å²) >= 11 is 0. The Morgan fingerprint density at radius 1 is 1.35 bits per heavy atom. The summed E-state index contributed by atoms with van der Waals surface area (Å²) in [7, 11) is 0. The zero-order valence-corrected chi connectivity index (χ0v) is 11.7. The summed E-state index contributed by atoms with van der Waals surface area (Å²) in [6.07, 6.45) is 1.88. The molecule has 1 aromatic rings. The lowest BCUT2D eigenvalue weighted by atomic mass is 9.92. The van der Waals surface area contributed by atoms with Crippen molar-refractivity contribution in [1.82, 2.24) is 4.90 Å². The largest absolute Gasteiger partial charge is 0.399 e. The van der Waals surface area contributed by atoms with Crippen molar-refractivity contribution < 1.29 is 9.59 Å². The summed E-state index contributed by atoms with van der Waals surface area (Å²) in [5.74, 6) is -0.524. The number of likely N-dealkylation sites (tertiary alicyclic amines) is 1. The average Bonchev–Trinajstić information content (AvgIpc) is 2.38. The van der Waals surface area contributed by atoms with E-state index in [0.717, 1.165) is 18.4 Å². The van der Waals surface area contributed by atoms with Crippen molar-refractivity contribution in [3.8, 4) is 0 Å². The van der Waals surface area contributed by atoms with Crippen LogP contribution in [0.1, 0.15) is 25.3 Å². The van der Waals surface area contributed by atoms with Gasteiger partial charge in [0.25, 0.3) is 0 Å². The van der Waals surface area contributed by atoms with Gasteiger partial charge in [-0.3, -0.25) is 9.59 Å². The van der Waals surface area contributed by atoms with Gasteiger partial charge in [-0.25, -0.2) is 0 Å². The van der Waals surface area contributed by atoms with E-state index in [1.807, 2.05) is 19.1 Å². The smallest absolute Gasteiger partial charge is 0.227 e. The molecule has 0 aliphatic carbocycles. The van der Waals surface area contributed by atoms with Crippen molar-refractivity contribution in [1.29, 1.82) is 0 Å². The van der Waals surface area contributed by atoms with Crippen LogP contribution in [0.5, 0.6) is 0 Å². The van der Waals surface area contributed by atoms with Crippen molar-refractivity contribution in [2.24, 2.45) is 11.7 Å². The summed E-state index contributed by atoms with van der Waals surface area (Å²) < 4.78 is 0. The van der Waals surface area contributed by atoms with Crippen molar-refractivity contribution in [2.45, 2.75) is 32.2 Å². The third kappa shape index (κ3) is 3.29. The summed E-state index contributed by atoms with van der Waals surface area (Å²) in [6, 6.07) is 7.47. The van der Waals surface area contributed by atoms with Crippen LogP contribution < -0.4 is 11.5 Å². The van der Waals surface area contributed by atoms with Crippen LogP contribution in [-0.2, 0) is 16.0 Å². The average molecular weight is 275 g/mol. The van der Waals surface area contributed by atoms with Crippen molar-refractivity contribution in [3.63, 3.8) is 0 Å². The Labute approximate surface area is 118 Å². The van der Waals surface area contributed by atoms with Gasteiger partial charge in [-0.1, -0.05) is 12.1 Å². The third-order valence-corrected chi connectivity index (χ3v) is 3.91. The second kappa shape index (κ2) is 5.94. The minimum Gasteiger partial charge on any atom is -0.399 e. The molecule has 1 heterocycles. The van der Waals surface area contributed by atoms with E-state index < -0.39 is 0 Å². The van der Waals surface area contributed by atoms with Crippen LogP contribution in [0.2, 0.25) is 0 Å². The molecule has 5 nitrogen and oxygen atoms in total. The molecule has 108 valence electrons. The monoisotopic (exact) mass is 275 g/mol. The highest BCUT2D eigenvalue weighted by atomic mass is 16.2. The van der Waals surface area contributed by atoms with Crippen molar-refractivity contribution in [3.05, 3.63) is 29.8 Å². The molecule has 2 rings (SSSR count). The number of nitrogens with two attached hydrogens (primary N) is 2. The topological polar surface area (TPSA) is 89.4 Å². The predicted molar refractivity (Wildman–Crippen MR) is 77.7 cm³/mol. The number of nitrogens with zero attached hydrogens (tertiary/aromatic N) is 1. The zero-order chi connectivity index (χ0) is 14.7. The number of hydrogen-bond acceptors (Lipinski definition) is 3. The number of anilines is 1. The summed E-state index contributed by atoms with van der Waals surface area (Å²) in [6.45, 7) is 2.44. The van der Waals surface area contributed by atoms with Gasteiger partial charge < -0.3 is 16.4 Å². The lowest BCUT2D eigenvalue weighted by Crippen LogP contribution is -2.49. The molecule has 0 spiro atoms. The third-order valence-electron chi connectivity index (χ3n) is 3.91. The zero-order valence-electron chi connectivity index (χ0n) is 11.7. The Balaban J connectivity index is 2.05. The van der Waals surface area contributed by atoms with Gasteiger partial charge in [0.1, 0.15) is 0 Å². The molecule has 0 aromatic heterocycles. The van der Waals surface area contributed by atoms with Crippen LogP contribution in [0.25, 0.3) is 0 Å². The van der Waals surface area contributed by atoms with Gasteiger partial charge in [0.15, 0.2) is 0 Å². The molecule has 2 amide bonds. The first-order valence-corrected chi connectivity index (χ1v) is 6.90. The number of rotatable bonds is 3. The number of primary amides is 1. The number of carbonyl (C=O) groups excluding carboxylic acids is 2. The van der Waals surface area contributed by atoms with Gasteiger partial charge in [-0.05, 0) is 37.5 Å². The number of carbonyl (C=O) groups is 2. The van der Waals surface area contributed by atoms with E-state index in [4.69, 9.17) is 11.5 Å². The molecule has 5 heteroatoms. The molecule has 0 bridgehead atoms. The van der Waals surface area contributed by atoms with Gasteiger partial charge in [-0.2, -0.15) is 0 Å². The van der Waals surface area contributed by atoms with E-state index in [0.29, 0.717) is 18.7 Å². The Bertz CT molecular complexity index is 516. The SMILES string of the molecule is CC1CCC(C(N)=O)CN1C(=O)Cc1cccc(N)c1. The highest BCUT2D eigenvalue weighted by molar-refractivity contribution is 5.82. The second-order valence-electron chi connectivity index (χ2n) is 5.49. The Hall–Kier alpha value is -2.04. The number of piperidine rings is 1. The fraction of sp³-hybridized carbons (Fsp3) is 0.467. The maximum Gasteiger partial charge on any atom is 0.227 e. The maximum atomic E-state index is 12.4. The van der Waals surface area contributed by atoms with Gasteiger partial charge in [0.2, 0.25) is 11.8 Å². The van der Waals surface area contributed by atoms with Gasteiger partial charge in [-0.15, -0.1) is 0 Å². The molecule has 2 unspecified atom stereocenters. The molecule has 0 radical (unpaired) electrons. The Kier molecular flexibility index (Phi) is 4.27. The van der Waals surface area contributed by atoms with Gasteiger partial charge in [0, 0.05) is 18.3 Å². The molecule has 1 aromatic carbocycles. The van der Waals surface area contributed by atoms with E-state index in [-0.39, 0.29) is 23.8 Å². The molecule has 4 N–H and O–H groups in total. The highest BCUT2D eigenvalue weighted by Gasteiger charge is 2.31. The molecule has 1 aliphatic rings. The Morgan fingerprint density at radius 3 is 2.75 bits per heavy atom. The molecule has 2 atom stereocenters. The van der Waals surface area contributed by atoms with Crippen molar-refractivity contribution in [2.75, 3.05) is 12.3 Å². The molecular weight excluding hydrogens is 254 g/mol. The van der Waals surface area contributed by atoms with E-state index >= 15 is 0 Å². The van der Waals surface area contributed by atoms with Crippen LogP contribution >= 0.6 is 0 Å². The van der Waals surface area contributed by atoms with Crippen LogP contribution in [0, 0.1) is 5.92 Å². The first kappa shape index (κ1) is 14.4.